The highest BCUT2D eigenvalue weighted by Gasteiger charge is 2.24. The molecule has 0 unspecified atom stereocenters. The second-order valence-corrected chi connectivity index (χ2v) is 6.90. The Morgan fingerprint density at radius 3 is 2.62 bits per heavy atom. The van der Waals surface area contributed by atoms with E-state index in [2.05, 4.69) is 16.4 Å². The van der Waals surface area contributed by atoms with Crippen molar-refractivity contribution < 1.29 is 9.59 Å². The molecule has 0 atom stereocenters. The molecular weight excluding hydrogens is 330 g/mol. The fourth-order valence-electron chi connectivity index (χ4n) is 3.65. The lowest BCUT2D eigenvalue weighted by Crippen LogP contribution is -2.49. The molecular formula is C19H25N5O2. The molecule has 7 heteroatoms. The highest BCUT2D eigenvalue weighted by molar-refractivity contribution is 5.84. The Balaban J connectivity index is 1.43. The molecule has 1 aliphatic carbocycles. The number of hydrogen-bond acceptors (Lipinski definition) is 5. The quantitative estimate of drug-likeness (QED) is 0.863. The van der Waals surface area contributed by atoms with E-state index >= 15 is 0 Å². The van der Waals surface area contributed by atoms with Crippen LogP contribution < -0.4 is 10.2 Å². The molecule has 1 aromatic rings. The largest absolute Gasteiger partial charge is 0.353 e. The number of carbonyl (C=O) groups excluding carboxylic acids is 2. The van der Waals surface area contributed by atoms with E-state index in [0.717, 1.165) is 12.8 Å². The lowest BCUT2D eigenvalue weighted by atomic mass is 10.2. The average Bonchev–Trinajstić information content (AvgIpc) is 3.19. The van der Waals surface area contributed by atoms with Crippen LogP contribution in [0.3, 0.4) is 0 Å². The molecule has 0 radical (unpaired) electrons. The van der Waals surface area contributed by atoms with Gasteiger partial charge in [0.05, 0.1) is 5.56 Å². The predicted molar refractivity (Wildman–Crippen MR) is 97.4 cm³/mol. The van der Waals surface area contributed by atoms with Gasteiger partial charge in [-0.15, -0.1) is 0 Å². The van der Waals surface area contributed by atoms with Gasteiger partial charge in [-0.1, -0.05) is 12.8 Å². The van der Waals surface area contributed by atoms with Crippen molar-refractivity contribution in [1.29, 1.82) is 5.26 Å². The molecule has 1 N–H and O–H groups in total. The van der Waals surface area contributed by atoms with Gasteiger partial charge >= 0.3 is 0 Å². The topological polar surface area (TPSA) is 89.3 Å². The van der Waals surface area contributed by atoms with Gasteiger partial charge in [-0.2, -0.15) is 5.26 Å². The number of nitrogens with zero attached hydrogens (tertiary/aromatic N) is 4. The number of rotatable bonds is 5. The molecule has 26 heavy (non-hydrogen) atoms. The summed E-state index contributed by atoms with van der Waals surface area (Å²) in [6.07, 6.45) is 6.66. The highest BCUT2D eigenvalue weighted by Crippen LogP contribution is 2.19. The van der Waals surface area contributed by atoms with Crippen LogP contribution in [-0.2, 0) is 9.59 Å². The predicted octanol–water partition coefficient (Wildman–Crippen LogP) is 1.44. The maximum atomic E-state index is 12.4. The summed E-state index contributed by atoms with van der Waals surface area (Å²) in [7, 11) is 0. The third kappa shape index (κ3) is 4.51. The summed E-state index contributed by atoms with van der Waals surface area (Å²) in [5, 5.41) is 12.2. The van der Waals surface area contributed by atoms with Crippen LogP contribution in [0.5, 0.6) is 0 Å². The third-order valence-corrected chi connectivity index (χ3v) is 5.13. The highest BCUT2D eigenvalue weighted by atomic mass is 16.2. The van der Waals surface area contributed by atoms with Gasteiger partial charge in [0.1, 0.15) is 11.9 Å². The number of amides is 2. The minimum atomic E-state index is -0.0176. The van der Waals surface area contributed by atoms with Crippen molar-refractivity contribution in [3.05, 3.63) is 23.9 Å². The zero-order valence-electron chi connectivity index (χ0n) is 15.0. The summed E-state index contributed by atoms with van der Waals surface area (Å²) in [6.45, 7) is 2.46. The Labute approximate surface area is 154 Å². The first-order valence-electron chi connectivity index (χ1n) is 9.34. The summed E-state index contributed by atoms with van der Waals surface area (Å²) < 4.78 is 0. The first kappa shape index (κ1) is 18.2. The van der Waals surface area contributed by atoms with Gasteiger partial charge in [0.2, 0.25) is 11.8 Å². The SMILES string of the molecule is N#Cc1cccnc1N1CCN(C(=O)CCC(=O)NC2CCCC2)CC1. The van der Waals surface area contributed by atoms with Crippen molar-refractivity contribution >= 4 is 17.6 Å². The normalized spacial score (nSPS) is 17.8. The number of pyridine rings is 1. The Morgan fingerprint density at radius 2 is 1.92 bits per heavy atom. The van der Waals surface area contributed by atoms with E-state index in [0.29, 0.717) is 43.6 Å². The van der Waals surface area contributed by atoms with Gasteiger partial charge in [0.25, 0.3) is 0 Å². The van der Waals surface area contributed by atoms with Crippen LogP contribution in [0.1, 0.15) is 44.1 Å². The van der Waals surface area contributed by atoms with Crippen LogP contribution in [0, 0.1) is 11.3 Å². The summed E-state index contributed by atoms with van der Waals surface area (Å²) in [5.74, 6) is 0.682. The van der Waals surface area contributed by atoms with Gasteiger partial charge in [0, 0.05) is 51.3 Å². The Bertz CT molecular complexity index is 685. The lowest BCUT2D eigenvalue weighted by Gasteiger charge is -2.35. The molecule has 1 saturated heterocycles. The molecule has 2 heterocycles. The van der Waals surface area contributed by atoms with Gasteiger partial charge in [0.15, 0.2) is 0 Å². The van der Waals surface area contributed by atoms with E-state index in [1.807, 2.05) is 4.90 Å². The number of aromatic nitrogens is 1. The van der Waals surface area contributed by atoms with Crippen molar-refractivity contribution in [3.8, 4) is 6.07 Å². The molecule has 0 spiro atoms. The zero-order valence-corrected chi connectivity index (χ0v) is 15.0. The third-order valence-electron chi connectivity index (χ3n) is 5.13. The van der Waals surface area contributed by atoms with Crippen LogP contribution in [0.25, 0.3) is 0 Å². The van der Waals surface area contributed by atoms with E-state index in [-0.39, 0.29) is 24.7 Å². The van der Waals surface area contributed by atoms with Crippen LogP contribution >= 0.6 is 0 Å². The number of piperazine rings is 1. The van der Waals surface area contributed by atoms with Crippen LogP contribution in [0.15, 0.2) is 18.3 Å². The molecule has 1 aliphatic heterocycles. The maximum Gasteiger partial charge on any atom is 0.223 e. The van der Waals surface area contributed by atoms with Crippen molar-refractivity contribution in [2.75, 3.05) is 31.1 Å². The minimum absolute atomic E-state index is 0.0176. The standard InChI is InChI=1S/C19H25N5O2/c20-14-15-4-3-9-21-19(15)24-12-10-23(11-13-24)18(26)8-7-17(25)22-16-5-1-2-6-16/h3-4,9,16H,1-2,5-8,10-13H2,(H,22,25). The molecule has 138 valence electrons. The van der Waals surface area contributed by atoms with Gasteiger partial charge < -0.3 is 15.1 Å². The van der Waals surface area contributed by atoms with Gasteiger partial charge in [-0.25, -0.2) is 4.98 Å². The summed E-state index contributed by atoms with van der Waals surface area (Å²) in [6, 6.07) is 5.96. The van der Waals surface area contributed by atoms with Crippen LogP contribution in [0.4, 0.5) is 5.82 Å². The molecule has 2 amide bonds. The van der Waals surface area contributed by atoms with E-state index in [4.69, 9.17) is 0 Å². The summed E-state index contributed by atoms with van der Waals surface area (Å²) >= 11 is 0. The number of carbonyl (C=O) groups is 2. The summed E-state index contributed by atoms with van der Waals surface area (Å²) in [4.78, 5) is 32.5. The fourth-order valence-corrected chi connectivity index (χ4v) is 3.65. The summed E-state index contributed by atoms with van der Waals surface area (Å²) in [5.41, 5.74) is 0.552. The second-order valence-electron chi connectivity index (χ2n) is 6.90. The molecule has 1 aromatic heterocycles. The van der Waals surface area contributed by atoms with Crippen molar-refractivity contribution in [1.82, 2.24) is 15.2 Å². The Hall–Kier alpha value is -2.62. The maximum absolute atomic E-state index is 12.4. The van der Waals surface area contributed by atoms with E-state index < -0.39 is 0 Å². The number of nitriles is 1. The van der Waals surface area contributed by atoms with Crippen LogP contribution in [0.2, 0.25) is 0 Å². The Morgan fingerprint density at radius 1 is 1.19 bits per heavy atom. The monoisotopic (exact) mass is 355 g/mol. The first-order chi connectivity index (χ1) is 12.7. The van der Waals surface area contributed by atoms with Crippen molar-refractivity contribution in [3.63, 3.8) is 0 Å². The smallest absolute Gasteiger partial charge is 0.223 e. The number of anilines is 1. The van der Waals surface area contributed by atoms with E-state index in [9.17, 15) is 14.9 Å². The lowest BCUT2D eigenvalue weighted by molar-refractivity contribution is -0.134. The average molecular weight is 355 g/mol. The molecule has 3 rings (SSSR count). The molecule has 2 fully saturated rings. The first-order valence-corrected chi connectivity index (χ1v) is 9.34. The Kier molecular flexibility index (Phi) is 6.05. The fraction of sp³-hybridized carbons (Fsp3) is 0.579. The number of hydrogen-bond donors (Lipinski definition) is 1. The molecule has 0 bridgehead atoms. The van der Waals surface area contributed by atoms with E-state index in [1.165, 1.54) is 12.8 Å². The van der Waals surface area contributed by atoms with E-state index in [1.54, 1.807) is 23.2 Å². The second kappa shape index (κ2) is 8.65. The molecule has 2 aliphatic rings. The minimum Gasteiger partial charge on any atom is -0.353 e. The molecule has 7 nitrogen and oxygen atoms in total. The van der Waals surface area contributed by atoms with Gasteiger partial charge in [-0.05, 0) is 25.0 Å². The molecule has 1 saturated carbocycles. The van der Waals surface area contributed by atoms with Crippen molar-refractivity contribution in [2.24, 2.45) is 0 Å². The van der Waals surface area contributed by atoms with Crippen molar-refractivity contribution in [2.45, 2.75) is 44.6 Å². The zero-order chi connectivity index (χ0) is 18.4. The number of nitrogens with one attached hydrogen (secondary N) is 1. The van der Waals surface area contributed by atoms with Crippen LogP contribution in [-0.4, -0.2) is 53.9 Å². The molecule has 0 aromatic carbocycles. The van der Waals surface area contributed by atoms with Gasteiger partial charge in [-0.3, -0.25) is 9.59 Å².